The van der Waals surface area contributed by atoms with E-state index in [1.54, 1.807) is 0 Å². The Labute approximate surface area is 159 Å². The van der Waals surface area contributed by atoms with Gasteiger partial charge in [-0.15, -0.1) is 5.10 Å². The molecule has 2 atom stereocenters. The molecule has 1 amide bonds. The van der Waals surface area contributed by atoms with E-state index in [4.69, 9.17) is 10.1 Å². The van der Waals surface area contributed by atoms with E-state index < -0.39 is 0 Å². The van der Waals surface area contributed by atoms with E-state index in [0.29, 0.717) is 28.9 Å². The lowest BCUT2D eigenvalue weighted by atomic mass is 9.98. The molecular weight excluding hydrogens is 344 g/mol. The van der Waals surface area contributed by atoms with Crippen molar-refractivity contribution < 1.29 is 4.79 Å². The third kappa shape index (κ3) is 3.65. The Morgan fingerprint density at radius 1 is 1.12 bits per heavy atom. The van der Waals surface area contributed by atoms with Crippen molar-refractivity contribution in [1.82, 2.24) is 19.7 Å². The van der Waals surface area contributed by atoms with Gasteiger partial charge in [0, 0.05) is 18.0 Å². The molecule has 2 fully saturated rings. The number of hydrogen-bond acceptors (Lipinski definition) is 4. The molecule has 1 aliphatic carbocycles. The second kappa shape index (κ2) is 7.43. The molecule has 1 aliphatic heterocycles. The number of likely N-dealkylation sites (tertiary alicyclic amines) is 1. The van der Waals surface area contributed by atoms with Crippen LogP contribution in [0, 0.1) is 0 Å². The Balaban J connectivity index is 1.48. The van der Waals surface area contributed by atoms with Gasteiger partial charge in [-0.25, -0.2) is 9.67 Å². The SMILES string of the molecule is C[C@@H]1CCC[C@H](C)N1C(=O)CSc1nc(C2CC2)n(-c2ccccc2)n1. The molecule has 1 saturated heterocycles. The molecular formula is C20H26N4OS. The van der Waals surface area contributed by atoms with Crippen LogP contribution in [0.2, 0.25) is 0 Å². The Morgan fingerprint density at radius 3 is 2.46 bits per heavy atom. The van der Waals surface area contributed by atoms with Crippen LogP contribution in [-0.4, -0.2) is 43.4 Å². The molecule has 2 aromatic rings. The summed E-state index contributed by atoms with van der Waals surface area (Å²) in [6.07, 6.45) is 5.78. The number of carbonyl (C=O) groups is 1. The molecule has 2 heterocycles. The van der Waals surface area contributed by atoms with Gasteiger partial charge in [0.15, 0.2) is 0 Å². The number of rotatable bonds is 5. The lowest BCUT2D eigenvalue weighted by Crippen LogP contribution is -2.48. The average Bonchev–Trinajstić information content (AvgIpc) is 3.40. The summed E-state index contributed by atoms with van der Waals surface area (Å²) < 4.78 is 1.95. The highest BCUT2D eigenvalue weighted by Crippen LogP contribution is 2.40. The summed E-state index contributed by atoms with van der Waals surface area (Å²) in [5.74, 6) is 2.16. The van der Waals surface area contributed by atoms with Gasteiger partial charge in [-0.2, -0.15) is 0 Å². The summed E-state index contributed by atoms with van der Waals surface area (Å²) in [4.78, 5) is 19.6. The number of thioether (sulfide) groups is 1. The lowest BCUT2D eigenvalue weighted by Gasteiger charge is -2.39. The van der Waals surface area contributed by atoms with Gasteiger partial charge < -0.3 is 4.90 Å². The van der Waals surface area contributed by atoms with Crippen LogP contribution in [0.5, 0.6) is 0 Å². The van der Waals surface area contributed by atoms with Gasteiger partial charge in [0.2, 0.25) is 11.1 Å². The summed E-state index contributed by atoms with van der Waals surface area (Å²) in [7, 11) is 0. The maximum Gasteiger partial charge on any atom is 0.233 e. The van der Waals surface area contributed by atoms with Gasteiger partial charge in [0.25, 0.3) is 0 Å². The molecule has 0 spiro atoms. The van der Waals surface area contributed by atoms with Gasteiger partial charge in [-0.3, -0.25) is 4.79 Å². The van der Waals surface area contributed by atoms with Crippen LogP contribution in [0.1, 0.15) is 57.7 Å². The molecule has 4 rings (SSSR count). The van der Waals surface area contributed by atoms with Gasteiger partial charge in [-0.05, 0) is 58.1 Å². The first-order valence-electron chi connectivity index (χ1n) is 9.60. The predicted octanol–water partition coefficient (Wildman–Crippen LogP) is 4.03. The van der Waals surface area contributed by atoms with Crippen LogP contribution in [-0.2, 0) is 4.79 Å². The van der Waals surface area contributed by atoms with E-state index in [1.165, 1.54) is 31.0 Å². The quantitative estimate of drug-likeness (QED) is 0.746. The number of nitrogens with zero attached hydrogens (tertiary/aromatic N) is 4. The summed E-state index contributed by atoms with van der Waals surface area (Å²) in [5.41, 5.74) is 1.04. The highest BCUT2D eigenvalue weighted by Gasteiger charge is 2.32. The fraction of sp³-hybridized carbons (Fsp3) is 0.550. The molecule has 0 N–H and O–H groups in total. The van der Waals surface area contributed by atoms with Crippen LogP contribution in [0.15, 0.2) is 35.5 Å². The molecule has 0 unspecified atom stereocenters. The van der Waals surface area contributed by atoms with Crippen LogP contribution < -0.4 is 0 Å². The normalized spacial score (nSPS) is 23.2. The fourth-order valence-electron chi connectivity index (χ4n) is 3.84. The number of piperidine rings is 1. The minimum Gasteiger partial charge on any atom is -0.337 e. The topological polar surface area (TPSA) is 51.0 Å². The second-order valence-electron chi connectivity index (χ2n) is 7.49. The third-order valence-electron chi connectivity index (χ3n) is 5.36. The molecule has 0 radical (unpaired) electrons. The van der Waals surface area contributed by atoms with E-state index in [9.17, 15) is 4.79 Å². The molecule has 1 aromatic carbocycles. The highest BCUT2D eigenvalue weighted by molar-refractivity contribution is 7.99. The largest absolute Gasteiger partial charge is 0.337 e. The number of para-hydroxylation sites is 1. The Kier molecular flexibility index (Phi) is 5.02. The first-order chi connectivity index (χ1) is 12.6. The zero-order chi connectivity index (χ0) is 18.1. The number of hydrogen-bond donors (Lipinski definition) is 0. The number of benzene rings is 1. The molecule has 6 heteroatoms. The predicted molar refractivity (Wildman–Crippen MR) is 104 cm³/mol. The first-order valence-corrected chi connectivity index (χ1v) is 10.6. The Hall–Kier alpha value is -1.82. The van der Waals surface area contributed by atoms with E-state index in [-0.39, 0.29) is 5.91 Å². The summed E-state index contributed by atoms with van der Waals surface area (Å²) in [6.45, 7) is 4.32. The maximum atomic E-state index is 12.7. The van der Waals surface area contributed by atoms with Crippen molar-refractivity contribution in [2.24, 2.45) is 0 Å². The molecule has 0 bridgehead atoms. The minimum absolute atomic E-state index is 0.207. The van der Waals surface area contributed by atoms with Crippen LogP contribution in [0.25, 0.3) is 5.69 Å². The van der Waals surface area contributed by atoms with E-state index >= 15 is 0 Å². The van der Waals surface area contributed by atoms with Crippen LogP contribution in [0.3, 0.4) is 0 Å². The molecule has 26 heavy (non-hydrogen) atoms. The van der Waals surface area contributed by atoms with E-state index in [0.717, 1.165) is 24.4 Å². The van der Waals surface area contributed by atoms with Crippen molar-refractivity contribution >= 4 is 17.7 Å². The Morgan fingerprint density at radius 2 is 1.81 bits per heavy atom. The third-order valence-corrected chi connectivity index (χ3v) is 6.18. The monoisotopic (exact) mass is 370 g/mol. The van der Waals surface area contributed by atoms with Crippen LogP contribution in [0.4, 0.5) is 0 Å². The first kappa shape index (κ1) is 17.6. The van der Waals surface area contributed by atoms with Crippen LogP contribution >= 0.6 is 11.8 Å². The molecule has 138 valence electrons. The standard InChI is InChI=1S/C20H26N4OS/c1-14-7-6-8-15(2)23(14)18(25)13-26-20-21-19(16-11-12-16)24(22-20)17-9-4-3-5-10-17/h3-5,9-10,14-16H,6-8,11-13H2,1-2H3/t14-,15+. The van der Waals surface area contributed by atoms with E-state index in [2.05, 4.69) is 30.9 Å². The van der Waals surface area contributed by atoms with E-state index in [1.807, 2.05) is 22.9 Å². The zero-order valence-corrected chi connectivity index (χ0v) is 16.3. The summed E-state index contributed by atoms with van der Waals surface area (Å²) in [6, 6.07) is 10.8. The number of aromatic nitrogens is 3. The van der Waals surface area contributed by atoms with Crippen molar-refractivity contribution in [3.63, 3.8) is 0 Å². The molecule has 1 saturated carbocycles. The molecule has 1 aromatic heterocycles. The minimum atomic E-state index is 0.207. The highest BCUT2D eigenvalue weighted by atomic mass is 32.2. The number of carbonyl (C=O) groups excluding carboxylic acids is 1. The summed E-state index contributed by atoms with van der Waals surface area (Å²) >= 11 is 1.47. The van der Waals surface area contributed by atoms with Crippen molar-refractivity contribution in [2.45, 2.75) is 69.1 Å². The van der Waals surface area contributed by atoms with Gasteiger partial charge in [-0.1, -0.05) is 30.0 Å². The summed E-state index contributed by atoms with van der Waals surface area (Å²) in [5, 5.41) is 5.40. The van der Waals surface area contributed by atoms with Gasteiger partial charge in [0.1, 0.15) is 5.82 Å². The van der Waals surface area contributed by atoms with Crippen molar-refractivity contribution in [3.05, 3.63) is 36.2 Å². The van der Waals surface area contributed by atoms with Crippen molar-refractivity contribution in [2.75, 3.05) is 5.75 Å². The average molecular weight is 371 g/mol. The fourth-order valence-corrected chi connectivity index (χ4v) is 4.54. The Bertz CT molecular complexity index is 761. The maximum absolute atomic E-state index is 12.7. The zero-order valence-electron chi connectivity index (χ0n) is 15.5. The van der Waals surface area contributed by atoms with Gasteiger partial charge >= 0.3 is 0 Å². The second-order valence-corrected chi connectivity index (χ2v) is 8.44. The van der Waals surface area contributed by atoms with Gasteiger partial charge in [0.05, 0.1) is 11.4 Å². The van der Waals surface area contributed by atoms with Crippen molar-refractivity contribution in [3.8, 4) is 5.69 Å². The molecule has 5 nitrogen and oxygen atoms in total. The smallest absolute Gasteiger partial charge is 0.233 e. The lowest BCUT2D eigenvalue weighted by molar-refractivity contribution is -0.134. The number of amides is 1. The van der Waals surface area contributed by atoms with Crippen molar-refractivity contribution in [1.29, 1.82) is 0 Å². The molecule has 2 aliphatic rings.